The molecule has 0 radical (unpaired) electrons. The minimum absolute atomic E-state index is 0.175. The molecule has 0 saturated carbocycles. The highest BCUT2D eigenvalue weighted by molar-refractivity contribution is 6.32. The van der Waals surface area contributed by atoms with E-state index in [4.69, 9.17) is 11.6 Å². The summed E-state index contributed by atoms with van der Waals surface area (Å²) in [6.07, 6.45) is 1.58. The number of benzene rings is 2. The number of carbonyl (C=O) groups excluding carboxylic acids is 1. The molecule has 1 heterocycles. The van der Waals surface area contributed by atoms with Crippen LogP contribution < -0.4 is 5.32 Å². The minimum Gasteiger partial charge on any atom is -0.321 e. The van der Waals surface area contributed by atoms with Crippen LogP contribution in [-0.2, 0) is 0 Å². The van der Waals surface area contributed by atoms with Crippen LogP contribution in [0.3, 0.4) is 0 Å². The molecule has 1 amide bonds. The molecular formula is C20H20ClN3O. The third-order valence-corrected chi connectivity index (χ3v) is 4.57. The number of nitrogens with zero attached hydrogens (tertiary/aromatic N) is 2. The highest BCUT2D eigenvalue weighted by Crippen LogP contribution is 2.25. The van der Waals surface area contributed by atoms with Gasteiger partial charge in [-0.2, -0.15) is 5.10 Å². The predicted octanol–water partition coefficient (Wildman–Crippen LogP) is 5.01. The molecule has 5 heteroatoms. The number of hydrogen-bond acceptors (Lipinski definition) is 2. The van der Waals surface area contributed by atoms with E-state index in [9.17, 15) is 4.79 Å². The van der Waals surface area contributed by atoms with Gasteiger partial charge in [0.15, 0.2) is 0 Å². The van der Waals surface area contributed by atoms with Crippen LogP contribution in [0.4, 0.5) is 5.69 Å². The first kappa shape index (κ1) is 17.2. The van der Waals surface area contributed by atoms with Crippen LogP contribution in [0.2, 0.25) is 5.02 Å². The van der Waals surface area contributed by atoms with E-state index in [1.54, 1.807) is 16.9 Å². The minimum atomic E-state index is -0.175. The zero-order chi connectivity index (χ0) is 18.1. The maximum atomic E-state index is 12.8. The molecular weight excluding hydrogens is 334 g/mol. The number of anilines is 1. The molecule has 1 aromatic heterocycles. The molecule has 3 aromatic rings. The van der Waals surface area contributed by atoms with Gasteiger partial charge in [-0.05, 0) is 51.0 Å². The van der Waals surface area contributed by atoms with Gasteiger partial charge in [0.25, 0.3) is 5.91 Å². The molecule has 0 unspecified atom stereocenters. The van der Waals surface area contributed by atoms with Gasteiger partial charge in [-0.15, -0.1) is 0 Å². The molecule has 3 rings (SSSR count). The summed E-state index contributed by atoms with van der Waals surface area (Å²) in [6, 6.07) is 11.5. The number of halogens is 1. The average Bonchev–Trinajstić information content (AvgIpc) is 2.93. The number of aromatic nitrogens is 2. The van der Waals surface area contributed by atoms with Crippen LogP contribution in [-0.4, -0.2) is 15.7 Å². The Kier molecular flexibility index (Phi) is 4.64. The SMILES string of the molecule is Cc1cc(C)c(NC(=O)c2cnn(-c3ccccc3Cl)c2C)c(C)c1. The van der Waals surface area contributed by atoms with Crippen molar-refractivity contribution in [1.29, 1.82) is 0 Å². The number of carbonyl (C=O) groups is 1. The second-order valence-corrected chi connectivity index (χ2v) is 6.64. The maximum Gasteiger partial charge on any atom is 0.259 e. The van der Waals surface area contributed by atoms with E-state index >= 15 is 0 Å². The summed E-state index contributed by atoms with van der Waals surface area (Å²) in [5.41, 5.74) is 6.14. The molecule has 0 aliphatic carbocycles. The lowest BCUT2D eigenvalue weighted by Gasteiger charge is -2.13. The summed E-state index contributed by atoms with van der Waals surface area (Å²) < 4.78 is 1.69. The van der Waals surface area contributed by atoms with Crippen LogP contribution >= 0.6 is 11.6 Å². The molecule has 0 spiro atoms. The Morgan fingerprint density at radius 1 is 1.08 bits per heavy atom. The Hall–Kier alpha value is -2.59. The number of amides is 1. The zero-order valence-corrected chi connectivity index (χ0v) is 15.5. The third-order valence-electron chi connectivity index (χ3n) is 4.25. The van der Waals surface area contributed by atoms with Crippen molar-refractivity contribution < 1.29 is 4.79 Å². The van der Waals surface area contributed by atoms with Crippen molar-refractivity contribution >= 4 is 23.2 Å². The topological polar surface area (TPSA) is 46.9 Å². The van der Waals surface area contributed by atoms with Gasteiger partial charge in [0.2, 0.25) is 0 Å². The Morgan fingerprint density at radius 2 is 1.72 bits per heavy atom. The molecule has 0 aliphatic rings. The van der Waals surface area contributed by atoms with Crippen LogP contribution in [0.5, 0.6) is 0 Å². The van der Waals surface area contributed by atoms with Crippen LogP contribution in [0, 0.1) is 27.7 Å². The molecule has 0 aliphatic heterocycles. The fraction of sp³-hybridized carbons (Fsp3) is 0.200. The fourth-order valence-electron chi connectivity index (χ4n) is 3.06. The molecule has 4 nitrogen and oxygen atoms in total. The summed E-state index contributed by atoms with van der Waals surface area (Å²) >= 11 is 6.24. The second kappa shape index (κ2) is 6.73. The normalized spacial score (nSPS) is 10.8. The lowest BCUT2D eigenvalue weighted by atomic mass is 10.0. The third kappa shape index (κ3) is 3.30. The summed E-state index contributed by atoms with van der Waals surface area (Å²) in [7, 11) is 0. The summed E-state index contributed by atoms with van der Waals surface area (Å²) in [5, 5.41) is 7.95. The monoisotopic (exact) mass is 353 g/mol. The van der Waals surface area contributed by atoms with E-state index in [2.05, 4.69) is 22.5 Å². The summed E-state index contributed by atoms with van der Waals surface area (Å²) in [5.74, 6) is -0.175. The lowest BCUT2D eigenvalue weighted by molar-refractivity contribution is 0.102. The van der Waals surface area contributed by atoms with Gasteiger partial charge < -0.3 is 5.32 Å². The van der Waals surface area contributed by atoms with Gasteiger partial charge in [-0.25, -0.2) is 4.68 Å². The molecule has 128 valence electrons. The second-order valence-electron chi connectivity index (χ2n) is 6.23. The Balaban J connectivity index is 1.94. The van der Waals surface area contributed by atoms with Crippen molar-refractivity contribution in [2.75, 3.05) is 5.32 Å². The maximum absolute atomic E-state index is 12.8. The van der Waals surface area contributed by atoms with E-state index in [-0.39, 0.29) is 5.91 Å². The Labute approximate surface area is 152 Å². The largest absolute Gasteiger partial charge is 0.321 e. The van der Waals surface area contributed by atoms with Crippen LogP contribution in [0.15, 0.2) is 42.6 Å². The van der Waals surface area contributed by atoms with Crippen molar-refractivity contribution in [2.45, 2.75) is 27.7 Å². The van der Waals surface area contributed by atoms with E-state index in [1.165, 1.54) is 5.56 Å². The number of para-hydroxylation sites is 1. The van der Waals surface area contributed by atoms with E-state index in [0.717, 1.165) is 28.2 Å². The van der Waals surface area contributed by atoms with Crippen molar-refractivity contribution in [3.8, 4) is 5.69 Å². The van der Waals surface area contributed by atoms with Gasteiger partial charge >= 0.3 is 0 Å². The first-order valence-corrected chi connectivity index (χ1v) is 8.45. The van der Waals surface area contributed by atoms with Gasteiger partial charge in [-0.1, -0.05) is 41.4 Å². The number of aryl methyl sites for hydroxylation is 3. The zero-order valence-electron chi connectivity index (χ0n) is 14.7. The molecule has 0 atom stereocenters. The first-order valence-electron chi connectivity index (χ1n) is 8.07. The molecule has 2 aromatic carbocycles. The molecule has 0 fully saturated rings. The molecule has 1 N–H and O–H groups in total. The molecule has 0 bridgehead atoms. The van der Waals surface area contributed by atoms with E-state index in [1.807, 2.05) is 45.9 Å². The van der Waals surface area contributed by atoms with Gasteiger partial charge in [-0.3, -0.25) is 4.79 Å². The van der Waals surface area contributed by atoms with Crippen molar-refractivity contribution in [3.63, 3.8) is 0 Å². The fourth-order valence-corrected chi connectivity index (χ4v) is 3.27. The highest BCUT2D eigenvalue weighted by Gasteiger charge is 2.17. The highest BCUT2D eigenvalue weighted by atomic mass is 35.5. The van der Waals surface area contributed by atoms with Crippen molar-refractivity contribution in [3.05, 3.63) is 75.6 Å². The van der Waals surface area contributed by atoms with Crippen LogP contribution in [0.25, 0.3) is 5.69 Å². The quantitative estimate of drug-likeness (QED) is 0.719. The number of hydrogen-bond donors (Lipinski definition) is 1. The molecule has 25 heavy (non-hydrogen) atoms. The smallest absolute Gasteiger partial charge is 0.259 e. The lowest BCUT2D eigenvalue weighted by Crippen LogP contribution is -2.15. The molecule has 0 saturated heterocycles. The first-order chi connectivity index (χ1) is 11.9. The van der Waals surface area contributed by atoms with Crippen molar-refractivity contribution in [1.82, 2.24) is 9.78 Å². The number of rotatable bonds is 3. The standard InChI is InChI=1S/C20H20ClN3O/c1-12-9-13(2)19(14(3)10-12)23-20(25)16-11-22-24(15(16)4)18-8-6-5-7-17(18)21/h5-11H,1-4H3,(H,23,25). The van der Waals surface area contributed by atoms with Gasteiger partial charge in [0, 0.05) is 5.69 Å². The Bertz CT molecular complexity index is 936. The van der Waals surface area contributed by atoms with Crippen LogP contribution in [0.1, 0.15) is 32.7 Å². The number of nitrogens with one attached hydrogen (secondary N) is 1. The van der Waals surface area contributed by atoms with Gasteiger partial charge in [0.05, 0.1) is 28.2 Å². The summed E-state index contributed by atoms with van der Waals surface area (Å²) in [6.45, 7) is 7.90. The Morgan fingerprint density at radius 3 is 2.36 bits per heavy atom. The van der Waals surface area contributed by atoms with Crippen molar-refractivity contribution in [2.24, 2.45) is 0 Å². The van der Waals surface area contributed by atoms with E-state index < -0.39 is 0 Å². The average molecular weight is 354 g/mol. The van der Waals surface area contributed by atoms with Gasteiger partial charge in [0.1, 0.15) is 0 Å². The predicted molar refractivity (Wildman–Crippen MR) is 102 cm³/mol. The summed E-state index contributed by atoms with van der Waals surface area (Å²) in [4.78, 5) is 12.8. The van der Waals surface area contributed by atoms with E-state index in [0.29, 0.717) is 10.6 Å².